The van der Waals surface area contributed by atoms with Gasteiger partial charge in [-0.2, -0.15) is 0 Å². The Morgan fingerprint density at radius 2 is 2.00 bits per heavy atom. The van der Waals surface area contributed by atoms with Crippen LogP contribution in [0.1, 0.15) is 45.2 Å². The summed E-state index contributed by atoms with van der Waals surface area (Å²) in [5.41, 5.74) is 0.151. The van der Waals surface area contributed by atoms with Gasteiger partial charge in [0.1, 0.15) is 11.3 Å². The molecule has 0 aliphatic heterocycles. The molecule has 2 N–H and O–H groups in total. The molecule has 4 heteroatoms. The van der Waals surface area contributed by atoms with E-state index in [0.29, 0.717) is 6.42 Å². The fourth-order valence-electron chi connectivity index (χ4n) is 2.19. The minimum atomic E-state index is -0.895. The Morgan fingerprint density at radius 1 is 1.42 bits per heavy atom. The van der Waals surface area contributed by atoms with Gasteiger partial charge in [0.25, 0.3) is 0 Å². The topological polar surface area (TPSA) is 58.6 Å². The van der Waals surface area contributed by atoms with Crippen molar-refractivity contribution in [1.29, 1.82) is 0 Å². The molecule has 0 bridgehead atoms. The zero-order valence-electron chi connectivity index (χ0n) is 12.1. The van der Waals surface area contributed by atoms with Crippen LogP contribution in [0.2, 0.25) is 0 Å². The van der Waals surface area contributed by atoms with Gasteiger partial charge in [-0.15, -0.1) is 0 Å². The first-order chi connectivity index (χ1) is 8.92. The summed E-state index contributed by atoms with van der Waals surface area (Å²) in [5, 5.41) is 12.6. The van der Waals surface area contributed by atoms with E-state index in [1.54, 1.807) is 14.0 Å². The van der Waals surface area contributed by atoms with Crippen molar-refractivity contribution in [2.45, 2.75) is 45.2 Å². The van der Waals surface area contributed by atoms with Crippen molar-refractivity contribution in [1.82, 2.24) is 5.32 Å². The molecule has 0 amide bonds. The van der Waals surface area contributed by atoms with E-state index in [9.17, 15) is 9.90 Å². The normalized spacial score (nSPS) is 15.6. The summed E-state index contributed by atoms with van der Waals surface area (Å²) >= 11 is 0. The van der Waals surface area contributed by atoms with Crippen LogP contribution in [0.4, 0.5) is 0 Å². The van der Waals surface area contributed by atoms with E-state index in [-0.39, 0.29) is 6.04 Å². The molecule has 106 valence electrons. The van der Waals surface area contributed by atoms with E-state index in [2.05, 4.69) is 5.32 Å². The van der Waals surface area contributed by atoms with Gasteiger partial charge in [-0.3, -0.25) is 10.1 Å². The highest BCUT2D eigenvalue weighted by Gasteiger charge is 2.33. The molecule has 0 aliphatic carbocycles. The Bertz CT molecular complexity index is 416. The summed E-state index contributed by atoms with van der Waals surface area (Å²) in [5.74, 6) is -0.0137. The third-order valence-electron chi connectivity index (χ3n) is 3.37. The molecule has 0 radical (unpaired) electrons. The molecular formula is C15H23NO3. The molecule has 19 heavy (non-hydrogen) atoms. The average Bonchev–Trinajstić information content (AvgIpc) is 2.38. The second kappa shape index (κ2) is 6.57. The van der Waals surface area contributed by atoms with Crippen molar-refractivity contribution in [3.8, 4) is 5.75 Å². The molecule has 0 aromatic heterocycles. The van der Waals surface area contributed by atoms with Crippen LogP contribution in [-0.2, 0) is 4.79 Å². The third kappa shape index (κ3) is 3.96. The molecular weight excluding hydrogens is 242 g/mol. The molecule has 1 aromatic carbocycles. The molecule has 0 fully saturated rings. The SMILES string of the molecule is CCCC(C)(NC(C)c1ccc(OC)cc1)C(=O)O. The highest BCUT2D eigenvalue weighted by atomic mass is 16.5. The zero-order valence-corrected chi connectivity index (χ0v) is 12.1. The highest BCUT2D eigenvalue weighted by molar-refractivity contribution is 5.78. The Labute approximate surface area is 114 Å². The van der Waals surface area contributed by atoms with Gasteiger partial charge in [-0.25, -0.2) is 0 Å². The number of ether oxygens (including phenoxy) is 1. The van der Waals surface area contributed by atoms with Crippen LogP contribution in [0.15, 0.2) is 24.3 Å². The largest absolute Gasteiger partial charge is 0.497 e. The first-order valence-corrected chi connectivity index (χ1v) is 6.58. The van der Waals surface area contributed by atoms with Gasteiger partial charge in [0.05, 0.1) is 7.11 Å². The van der Waals surface area contributed by atoms with Crippen molar-refractivity contribution in [2.75, 3.05) is 7.11 Å². The molecule has 2 atom stereocenters. The molecule has 0 aliphatic rings. The standard InChI is InChI=1S/C15H23NO3/c1-5-10-15(3,14(17)18)16-11(2)12-6-8-13(19-4)9-7-12/h6-9,11,16H,5,10H2,1-4H3,(H,17,18). The minimum absolute atomic E-state index is 0.0291. The van der Waals surface area contributed by atoms with Crippen molar-refractivity contribution in [3.05, 3.63) is 29.8 Å². The maximum Gasteiger partial charge on any atom is 0.323 e. The first-order valence-electron chi connectivity index (χ1n) is 6.58. The minimum Gasteiger partial charge on any atom is -0.497 e. The molecule has 0 heterocycles. The van der Waals surface area contributed by atoms with Gasteiger partial charge >= 0.3 is 5.97 Å². The van der Waals surface area contributed by atoms with Gasteiger partial charge < -0.3 is 9.84 Å². The van der Waals surface area contributed by atoms with Gasteiger partial charge in [0, 0.05) is 6.04 Å². The molecule has 4 nitrogen and oxygen atoms in total. The monoisotopic (exact) mass is 265 g/mol. The Morgan fingerprint density at radius 3 is 2.42 bits per heavy atom. The molecule has 0 saturated carbocycles. The molecule has 0 spiro atoms. The highest BCUT2D eigenvalue weighted by Crippen LogP contribution is 2.22. The fourth-order valence-corrected chi connectivity index (χ4v) is 2.19. The summed E-state index contributed by atoms with van der Waals surface area (Å²) in [4.78, 5) is 11.4. The van der Waals surface area contributed by atoms with Gasteiger partial charge in [0.2, 0.25) is 0 Å². The summed E-state index contributed by atoms with van der Waals surface area (Å²) in [7, 11) is 1.62. The van der Waals surface area contributed by atoms with E-state index >= 15 is 0 Å². The van der Waals surface area contributed by atoms with Gasteiger partial charge in [-0.05, 0) is 38.0 Å². The molecule has 0 saturated heterocycles. The van der Waals surface area contributed by atoms with Crippen LogP contribution in [0.25, 0.3) is 0 Å². The van der Waals surface area contributed by atoms with Crippen LogP contribution in [0, 0.1) is 0 Å². The first kappa shape index (κ1) is 15.5. The number of hydrogen-bond acceptors (Lipinski definition) is 3. The van der Waals surface area contributed by atoms with E-state index in [0.717, 1.165) is 17.7 Å². The van der Waals surface area contributed by atoms with Gasteiger partial charge in [-0.1, -0.05) is 25.5 Å². The number of rotatable bonds is 7. The van der Waals surface area contributed by atoms with Crippen molar-refractivity contribution >= 4 is 5.97 Å². The van der Waals surface area contributed by atoms with Gasteiger partial charge in [0.15, 0.2) is 0 Å². The van der Waals surface area contributed by atoms with Crippen LogP contribution in [0.5, 0.6) is 5.75 Å². The predicted molar refractivity (Wildman–Crippen MR) is 75.5 cm³/mol. The number of methoxy groups -OCH3 is 1. The second-order valence-electron chi connectivity index (χ2n) is 5.03. The van der Waals surface area contributed by atoms with E-state index in [1.165, 1.54) is 0 Å². The number of carboxylic acid groups (broad SMARTS) is 1. The molecule has 2 unspecified atom stereocenters. The lowest BCUT2D eigenvalue weighted by atomic mass is 9.94. The lowest BCUT2D eigenvalue weighted by Crippen LogP contribution is -2.50. The Balaban J connectivity index is 2.81. The molecule has 1 aromatic rings. The van der Waals surface area contributed by atoms with Crippen molar-refractivity contribution in [2.24, 2.45) is 0 Å². The van der Waals surface area contributed by atoms with Crippen LogP contribution in [-0.4, -0.2) is 23.7 Å². The van der Waals surface area contributed by atoms with E-state index in [4.69, 9.17) is 4.74 Å². The number of benzene rings is 1. The summed E-state index contributed by atoms with van der Waals surface area (Å²) in [6, 6.07) is 7.63. The third-order valence-corrected chi connectivity index (χ3v) is 3.37. The average molecular weight is 265 g/mol. The summed E-state index contributed by atoms with van der Waals surface area (Å²) < 4.78 is 5.11. The van der Waals surface area contributed by atoms with Crippen LogP contribution in [0.3, 0.4) is 0 Å². The zero-order chi connectivity index (χ0) is 14.5. The number of carbonyl (C=O) groups is 1. The van der Waals surface area contributed by atoms with E-state index in [1.807, 2.05) is 38.1 Å². The second-order valence-corrected chi connectivity index (χ2v) is 5.03. The fraction of sp³-hybridized carbons (Fsp3) is 0.533. The quantitative estimate of drug-likeness (QED) is 0.795. The number of carboxylic acids is 1. The Kier molecular flexibility index (Phi) is 5.36. The number of nitrogens with one attached hydrogen (secondary N) is 1. The summed E-state index contributed by atoms with van der Waals surface area (Å²) in [6.07, 6.45) is 1.42. The lowest BCUT2D eigenvalue weighted by molar-refractivity contribution is -0.144. The molecule has 1 rings (SSSR count). The maximum absolute atomic E-state index is 11.4. The van der Waals surface area contributed by atoms with Crippen molar-refractivity contribution < 1.29 is 14.6 Å². The van der Waals surface area contributed by atoms with E-state index < -0.39 is 11.5 Å². The van der Waals surface area contributed by atoms with Crippen molar-refractivity contribution in [3.63, 3.8) is 0 Å². The number of hydrogen-bond donors (Lipinski definition) is 2. The van der Waals surface area contributed by atoms with Crippen LogP contribution < -0.4 is 10.1 Å². The lowest BCUT2D eigenvalue weighted by Gasteiger charge is -2.30. The predicted octanol–water partition coefficient (Wildman–Crippen LogP) is 2.99. The smallest absolute Gasteiger partial charge is 0.323 e. The summed E-state index contributed by atoms with van der Waals surface area (Å²) in [6.45, 7) is 5.69. The number of aliphatic carboxylic acids is 1. The maximum atomic E-state index is 11.4. The Hall–Kier alpha value is -1.55. The van der Waals surface area contributed by atoms with Crippen LogP contribution >= 0.6 is 0 Å².